The van der Waals surface area contributed by atoms with Crippen molar-refractivity contribution in [3.8, 4) is 0 Å². The highest BCUT2D eigenvalue weighted by Gasteiger charge is 2.43. The number of nitrogens with one attached hydrogen (secondary N) is 1. The fraction of sp³-hybridized carbons (Fsp3) is 0.400. The quantitative estimate of drug-likeness (QED) is 0.646. The van der Waals surface area contributed by atoms with Crippen LogP contribution in [0.5, 0.6) is 0 Å². The van der Waals surface area contributed by atoms with Crippen molar-refractivity contribution in [3.05, 3.63) is 24.0 Å². The molecule has 1 amide bonds. The molecular weight excluding hydrogens is 194 g/mol. The normalized spacial score (nSPS) is 17.1. The van der Waals surface area contributed by atoms with E-state index in [1.54, 1.807) is 12.1 Å². The van der Waals surface area contributed by atoms with E-state index >= 15 is 0 Å². The highest BCUT2D eigenvalue weighted by atomic mass is 16.3. The Labute approximate surface area is 87.3 Å². The average Bonchev–Trinajstić information content (AvgIpc) is 2.99. The molecule has 1 aromatic rings. The fourth-order valence-electron chi connectivity index (χ4n) is 1.32. The highest BCUT2D eigenvalue weighted by Crippen LogP contribution is 2.34. The summed E-state index contributed by atoms with van der Waals surface area (Å²) in [7, 11) is 0. The number of aliphatic hydroxyl groups excluding tert-OH is 1. The van der Waals surface area contributed by atoms with E-state index in [0.717, 1.165) is 12.8 Å². The maximum Gasteiger partial charge on any atom is 0.270 e. The Bertz CT molecular complexity index is 371. The molecular formula is C10H13N3O2. The average molecular weight is 207 g/mol. The molecule has 1 aliphatic rings. The molecule has 4 N–H and O–H groups in total. The molecule has 5 heteroatoms. The van der Waals surface area contributed by atoms with E-state index in [9.17, 15) is 4.79 Å². The maximum absolute atomic E-state index is 11.6. The number of nitrogen functional groups attached to an aromatic ring is 1. The van der Waals surface area contributed by atoms with Crippen molar-refractivity contribution >= 4 is 11.6 Å². The number of aliphatic hydroxyl groups is 1. The van der Waals surface area contributed by atoms with Crippen LogP contribution in [0.4, 0.5) is 5.69 Å². The Morgan fingerprint density at radius 2 is 2.33 bits per heavy atom. The van der Waals surface area contributed by atoms with Crippen molar-refractivity contribution in [2.75, 3.05) is 12.3 Å². The second kappa shape index (κ2) is 3.51. The van der Waals surface area contributed by atoms with Crippen molar-refractivity contribution < 1.29 is 9.90 Å². The van der Waals surface area contributed by atoms with Gasteiger partial charge >= 0.3 is 0 Å². The summed E-state index contributed by atoms with van der Waals surface area (Å²) in [5.74, 6) is -0.262. The van der Waals surface area contributed by atoms with Gasteiger partial charge in [0.15, 0.2) is 0 Å². The van der Waals surface area contributed by atoms with Gasteiger partial charge in [0.05, 0.1) is 24.0 Å². The number of aromatic nitrogens is 1. The summed E-state index contributed by atoms with van der Waals surface area (Å²) < 4.78 is 0. The molecule has 15 heavy (non-hydrogen) atoms. The Kier molecular flexibility index (Phi) is 2.32. The molecule has 0 spiro atoms. The topological polar surface area (TPSA) is 88.2 Å². The van der Waals surface area contributed by atoms with E-state index in [2.05, 4.69) is 10.3 Å². The lowest BCUT2D eigenvalue weighted by Gasteiger charge is -2.13. The molecule has 0 unspecified atom stereocenters. The molecule has 5 nitrogen and oxygen atoms in total. The van der Waals surface area contributed by atoms with Crippen molar-refractivity contribution in [1.82, 2.24) is 10.3 Å². The van der Waals surface area contributed by atoms with E-state index in [1.165, 1.54) is 6.20 Å². The van der Waals surface area contributed by atoms with Gasteiger partial charge in [-0.05, 0) is 25.0 Å². The van der Waals surface area contributed by atoms with Gasteiger partial charge in [-0.15, -0.1) is 0 Å². The fourth-order valence-corrected chi connectivity index (χ4v) is 1.32. The van der Waals surface area contributed by atoms with Gasteiger partial charge in [-0.2, -0.15) is 0 Å². The van der Waals surface area contributed by atoms with Crippen LogP contribution in [0, 0.1) is 0 Å². The van der Waals surface area contributed by atoms with Crippen LogP contribution < -0.4 is 11.1 Å². The van der Waals surface area contributed by atoms with E-state index in [0.29, 0.717) is 11.4 Å². The summed E-state index contributed by atoms with van der Waals surface area (Å²) in [6, 6.07) is 3.19. The molecule has 0 bridgehead atoms. The van der Waals surface area contributed by atoms with Crippen LogP contribution in [-0.4, -0.2) is 28.1 Å². The first kappa shape index (κ1) is 9.92. The summed E-state index contributed by atoms with van der Waals surface area (Å²) in [5.41, 5.74) is 5.90. The van der Waals surface area contributed by atoms with Gasteiger partial charge in [0.1, 0.15) is 5.69 Å². The van der Waals surface area contributed by atoms with Gasteiger partial charge < -0.3 is 16.2 Å². The van der Waals surface area contributed by atoms with Crippen LogP contribution in [0.15, 0.2) is 18.3 Å². The Balaban J connectivity index is 2.05. The molecule has 1 aliphatic carbocycles. The predicted molar refractivity (Wildman–Crippen MR) is 55.2 cm³/mol. The molecule has 1 saturated carbocycles. The highest BCUT2D eigenvalue weighted by molar-refractivity contribution is 5.93. The molecule has 80 valence electrons. The van der Waals surface area contributed by atoms with Crippen LogP contribution in [0.1, 0.15) is 23.3 Å². The monoisotopic (exact) mass is 207 g/mol. The molecule has 1 heterocycles. The van der Waals surface area contributed by atoms with Crippen LogP contribution in [-0.2, 0) is 0 Å². The van der Waals surface area contributed by atoms with Crippen molar-refractivity contribution in [2.24, 2.45) is 0 Å². The van der Waals surface area contributed by atoms with Crippen LogP contribution in [0.2, 0.25) is 0 Å². The zero-order chi connectivity index (χ0) is 10.9. The lowest BCUT2D eigenvalue weighted by molar-refractivity contribution is 0.0902. The lowest BCUT2D eigenvalue weighted by Crippen LogP contribution is -2.39. The number of hydrogen-bond acceptors (Lipinski definition) is 4. The third-order valence-corrected chi connectivity index (χ3v) is 2.55. The maximum atomic E-state index is 11.6. The molecule has 0 radical (unpaired) electrons. The molecule has 0 saturated heterocycles. The summed E-state index contributed by atoms with van der Waals surface area (Å²) in [6.45, 7) is -0.0201. The summed E-state index contributed by atoms with van der Waals surface area (Å²) in [6.07, 6.45) is 3.09. The predicted octanol–water partition coefficient (Wildman–Crippen LogP) is -0.0815. The number of carbonyl (C=O) groups excluding carboxylic acids is 1. The van der Waals surface area contributed by atoms with Crippen molar-refractivity contribution in [3.63, 3.8) is 0 Å². The SMILES string of the molecule is Nc1ccc(C(=O)NC2(CO)CC2)nc1. The number of carbonyl (C=O) groups is 1. The third-order valence-electron chi connectivity index (χ3n) is 2.55. The largest absolute Gasteiger partial charge is 0.397 e. The van der Waals surface area contributed by atoms with E-state index in [1.807, 2.05) is 0 Å². The number of nitrogens with zero attached hydrogens (tertiary/aromatic N) is 1. The van der Waals surface area contributed by atoms with Crippen LogP contribution in [0.25, 0.3) is 0 Å². The molecule has 1 fully saturated rings. The number of rotatable bonds is 3. The van der Waals surface area contributed by atoms with Crippen LogP contribution in [0.3, 0.4) is 0 Å². The Hall–Kier alpha value is -1.62. The van der Waals surface area contributed by atoms with Gasteiger partial charge in [0.2, 0.25) is 0 Å². The molecule has 0 aromatic carbocycles. The number of amides is 1. The summed E-state index contributed by atoms with van der Waals surface area (Å²) >= 11 is 0. The van der Waals surface area contributed by atoms with E-state index in [-0.39, 0.29) is 12.5 Å². The van der Waals surface area contributed by atoms with Gasteiger partial charge in [-0.25, -0.2) is 4.98 Å². The summed E-state index contributed by atoms with van der Waals surface area (Å²) in [5, 5.41) is 11.8. The third kappa shape index (κ3) is 2.07. The van der Waals surface area contributed by atoms with Gasteiger partial charge in [-0.3, -0.25) is 4.79 Å². The minimum absolute atomic E-state index is 0.0201. The van der Waals surface area contributed by atoms with E-state index < -0.39 is 5.54 Å². The van der Waals surface area contributed by atoms with Gasteiger partial charge in [0.25, 0.3) is 5.91 Å². The number of anilines is 1. The Morgan fingerprint density at radius 3 is 2.80 bits per heavy atom. The second-order valence-corrected chi connectivity index (χ2v) is 3.87. The first-order valence-electron chi connectivity index (χ1n) is 4.80. The van der Waals surface area contributed by atoms with Gasteiger partial charge in [-0.1, -0.05) is 0 Å². The number of pyridine rings is 1. The van der Waals surface area contributed by atoms with Crippen molar-refractivity contribution in [1.29, 1.82) is 0 Å². The van der Waals surface area contributed by atoms with Crippen LogP contribution >= 0.6 is 0 Å². The minimum Gasteiger partial charge on any atom is -0.397 e. The molecule has 0 aliphatic heterocycles. The standard InChI is InChI=1S/C10H13N3O2/c11-7-1-2-8(12-5-7)9(15)13-10(6-14)3-4-10/h1-2,5,14H,3-4,6,11H2,(H,13,15). The number of nitrogens with two attached hydrogens (primary N) is 1. The van der Waals surface area contributed by atoms with Crippen molar-refractivity contribution in [2.45, 2.75) is 18.4 Å². The smallest absolute Gasteiger partial charge is 0.270 e. The molecule has 2 rings (SSSR count). The molecule has 1 aromatic heterocycles. The lowest BCUT2D eigenvalue weighted by atomic mass is 10.2. The zero-order valence-corrected chi connectivity index (χ0v) is 8.23. The zero-order valence-electron chi connectivity index (χ0n) is 8.23. The number of hydrogen-bond donors (Lipinski definition) is 3. The van der Waals surface area contributed by atoms with Gasteiger partial charge in [0, 0.05) is 0 Å². The Morgan fingerprint density at radius 1 is 1.60 bits per heavy atom. The minimum atomic E-state index is -0.403. The molecule has 0 atom stereocenters. The second-order valence-electron chi connectivity index (χ2n) is 3.87. The summed E-state index contributed by atoms with van der Waals surface area (Å²) in [4.78, 5) is 15.6. The first-order valence-corrected chi connectivity index (χ1v) is 4.80. The van der Waals surface area contributed by atoms with E-state index in [4.69, 9.17) is 10.8 Å². The first-order chi connectivity index (χ1) is 7.15.